The first-order valence-corrected chi connectivity index (χ1v) is 13.9. The molecule has 2 aromatic carbocycles. The second kappa shape index (κ2) is 16.3. The minimum absolute atomic E-state index is 0. The number of rotatable bonds is 12. The summed E-state index contributed by atoms with van der Waals surface area (Å²) >= 11 is 0. The lowest BCUT2D eigenvalue weighted by atomic mass is 9.68. The van der Waals surface area contributed by atoms with Crippen molar-refractivity contribution in [2.45, 2.75) is 64.8 Å². The Labute approximate surface area is 249 Å². The molecule has 1 fully saturated rings. The van der Waals surface area contributed by atoms with Gasteiger partial charge in [0.2, 0.25) is 11.8 Å². The molecule has 1 heterocycles. The minimum atomic E-state index is -1.06. The van der Waals surface area contributed by atoms with Crippen LogP contribution >= 0.6 is 12.4 Å². The topological polar surface area (TPSA) is 142 Å². The number of amides is 2. The summed E-state index contributed by atoms with van der Waals surface area (Å²) in [5, 5.41) is 21.9. The third-order valence-corrected chi connectivity index (χ3v) is 7.99. The molecule has 0 aromatic heterocycles. The lowest BCUT2D eigenvalue weighted by Crippen LogP contribution is -2.49. The second-order valence-corrected chi connectivity index (χ2v) is 11.4. The predicted molar refractivity (Wildman–Crippen MR) is 164 cm³/mol. The van der Waals surface area contributed by atoms with Gasteiger partial charge in [0.1, 0.15) is 11.8 Å². The Balaban J connectivity index is 0.00000420. The first-order valence-electron chi connectivity index (χ1n) is 13.9. The zero-order valence-electron chi connectivity index (χ0n) is 24.5. The number of hydrogen-bond acceptors (Lipinski definition) is 5. The first-order chi connectivity index (χ1) is 18.5. The lowest BCUT2D eigenvalue weighted by molar-refractivity contribution is -0.142. The standard InChI is InChI=1S/C31H43N3O5.ClH.H2O/c1-22(2)19-27(30(38)39)32-28(36)13-14-29(37)34(25-10-6-5-7-11-25)18-17-33-16-15-31(4,23(3)21-33)24-9-8-12-26(35)20-24;;/h5-12,20,22-23,27,35H,13-19,21H2,1-4H3,(H,32,36)(H,38,39);1H;1H2/t23?,27-,31?;;/m0../s1. The molecular formula is C31H46ClN3O6. The Morgan fingerprint density at radius 3 is 2.37 bits per heavy atom. The number of carboxylic acid groups (broad SMARTS) is 1. The van der Waals surface area contributed by atoms with Gasteiger partial charge in [0.15, 0.2) is 0 Å². The van der Waals surface area contributed by atoms with Gasteiger partial charge in [0, 0.05) is 38.2 Å². The van der Waals surface area contributed by atoms with E-state index in [4.69, 9.17) is 0 Å². The predicted octanol–water partition coefficient (Wildman–Crippen LogP) is 4.02. The Hall–Kier alpha value is -3.14. The number of nitrogens with one attached hydrogen (secondary N) is 1. The number of hydrogen-bond donors (Lipinski definition) is 3. The number of likely N-dealkylation sites (tertiary alicyclic amines) is 1. The van der Waals surface area contributed by atoms with Crippen LogP contribution in [-0.4, -0.2) is 70.6 Å². The van der Waals surface area contributed by atoms with Crippen LogP contribution in [0.4, 0.5) is 5.69 Å². The van der Waals surface area contributed by atoms with Crippen LogP contribution in [0.1, 0.15) is 58.9 Å². The van der Waals surface area contributed by atoms with Gasteiger partial charge in [-0.05, 0) is 66.5 Å². The number of aromatic hydroxyl groups is 1. The Kier molecular flexibility index (Phi) is 14.3. The number of carboxylic acids is 1. The van der Waals surface area contributed by atoms with Crippen LogP contribution in [0, 0.1) is 11.8 Å². The second-order valence-electron chi connectivity index (χ2n) is 11.4. The molecule has 3 rings (SSSR count). The Morgan fingerprint density at radius 2 is 1.78 bits per heavy atom. The highest BCUT2D eigenvalue weighted by Gasteiger charge is 2.38. The quantitative estimate of drug-likeness (QED) is 0.340. The molecule has 2 unspecified atom stereocenters. The molecule has 2 amide bonds. The summed E-state index contributed by atoms with van der Waals surface area (Å²) in [7, 11) is 0. The number of carbonyl (C=O) groups excluding carboxylic acids is 2. The number of anilines is 1. The van der Waals surface area contributed by atoms with E-state index < -0.39 is 17.9 Å². The summed E-state index contributed by atoms with van der Waals surface area (Å²) in [5.41, 5.74) is 1.88. The fourth-order valence-electron chi connectivity index (χ4n) is 5.37. The van der Waals surface area contributed by atoms with E-state index in [-0.39, 0.29) is 53.7 Å². The van der Waals surface area contributed by atoms with Crippen LogP contribution in [-0.2, 0) is 19.8 Å². The summed E-state index contributed by atoms with van der Waals surface area (Å²) in [6, 6.07) is 16.0. The maximum atomic E-state index is 13.3. The zero-order chi connectivity index (χ0) is 28.6. The summed E-state index contributed by atoms with van der Waals surface area (Å²) in [4.78, 5) is 41.4. The number of para-hydroxylation sites is 1. The average Bonchev–Trinajstić information content (AvgIpc) is 2.89. The third kappa shape index (κ3) is 10.0. The number of phenolic OH excluding ortho intramolecular Hbond substituents is 1. The molecule has 1 saturated heterocycles. The van der Waals surface area contributed by atoms with Crippen molar-refractivity contribution in [1.29, 1.82) is 0 Å². The minimum Gasteiger partial charge on any atom is -0.508 e. The molecule has 0 bridgehead atoms. The average molecular weight is 592 g/mol. The van der Waals surface area contributed by atoms with Crippen molar-refractivity contribution in [2.24, 2.45) is 11.8 Å². The largest absolute Gasteiger partial charge is 0.508 e. The molecule has 2 aromatic rings. The van der Waals surface area contributed by atoms with E-state index in [1.807, 2.05) is 56.3 Å². The molecule has 5 N–H and O–H groups in total. The number of halogens is 1. The fraction of sp³-hybridized carbons (Fsp3) is 0.516. The van der Waals surface area contributed by atoms with Crippen molar-refractivity contribution in [1.82, 2.24) is 10.2 Å². The molecule has 0 spiro atoms. The van der Waals surface area contributed by atoms with Crippen LogP contribution < -0.4 is 10.2 Å². The Bertz CT molecular complexity index is 1130. The maximum Gasteiger partial charge on any atom is 0.326 e. The summed E-state index contributed by atoms with van der Waals surface area (Å²) in [6.07, 6.45) is 1.22. The number of piperidine rings is 1. The van der Waals surface area contributed by atoms with Gasteiger partial charge in [-0.2, -0.15) is 0 Å². The number of carbonyl (C=O) groups is 3. The van der Waals surface area contributed by atoms with Gasteiger partial charge < -0.3 is 30.8 Å². The van der Waals surface area contributed by atoms with Gasteiger partial charge in [-0.25, -0.2) is 4.79 Å². The Morgan fingerprint density at radius 1 is 1.10 bits per heavy atom. The van der Waals surface area contributed by atoms with E-state index in [0.717, 1.165) is 30.8 Å². The van der Waals surface area contributed by atoms with Crippen molar-refractivity contribution in [3.05, 3.63) is 60.2 Å². The summed E-state index contributed by atoms with van der Waals surface area (Å²) in [6.45, 7) is 11.2. The van der Waals surface area contributed by atoms with Crippen LogP contribution in [0.2, 0.25) is 0 Å². The maximum absolute atomic E-state index is 13.3. The van der Waals surface area contributed by atoms with Crippen molar-refractivity contribution in [2.75, 3.05) is 31.1 Å². The van der Waals surface area contributed by atoms with E-state index in [2.05, 4.69) is 30.1 Å². The van der Waals surface area contributed by atoms with Gasteiger partial charge in [0.25, 0.3) is 0 Å². The smallest absolute Gasteiger partial charge is 0.326 e. The molecule has 10 heteroatoms. The summed E-state index contributed by atoms with van der Waals surface area (Å²) < 4.78 is 0. The van der Waals surface area contributed by atoms with E-state index >= 15 is 0 Å². The van der Waals surface area contributed by atoms with Crippen molar-refractivity contribution < 1.29 is 30.1 Å². The molecule has 9 nitrogen and oxygen atoms in total. The number of nitrogens with zero attached hydrogens (tertiary/aromatic N) is 2. The van der Waals surface area contributed by atoms with Crippen LogP contribution in [0.3, 0.4) is 0 Å². The number of phenols is 1. The van der Waals surface area contributed by atoms with Gasteiger partial charge in [-0.1, -0.05) is 58.0 Å². The monoisotopic (exact) mass is 591 g/mol. The van der Waals surface area contributed by atoms with Gasteiger partial charge in [-0.3, -0.25) is 9.59 Å². The van der Waals surface area contributed by atoms with E-state index in [9.17, 15) is 24.6 Å². The molecular weight excluding hydrogens is 546 g/mol. The SMILES string of the molecule is CC(C)C[C@H](NC(=O)CCC(=O)N(CCN1CCC(C)(c2cccc(O)c2)C(C)C1)c1ccccc1)C(=O)O.Cl.O. The fourth-order valence-corrected chi connectivity index (χ4v) is 5.37. The molecule has 3 atom stereocenters. The normalized spacial score (nSPS) is 19.4. The van der Waals surface area contributed by atoms with Crippen molar-refractivity contribution in [3.63, 3.8) is 0 Å². The lowest BCUT2D eigenvalue weighted by Gasteiger charge is -2.45. The number of benzene rings is 2. The highest BCUT2D eigenvalue weighted by molar-refractivity contribution is 5.95. The molecule has 1 aliphatic rings. The molecule has 0 aliphatic carbocycles. The van der Waals surface area contributed by atoms with Gasteiger partial charge >= 0.3 is 5.97 Å². The van der Waals surface area contributed by atoms with Crippen molar-refractivity contribution in [3.8, 4) is 5.75 Å². The highest BCUT2D eigenvalue weighted by atomic mass is 35.5. The molecule has 0 radical (unpaired) electrons. The number of aliphatic carboxylic acids is 1. The van der Waals surface area contributed by atoms with Gasteiger partial charge in [-0.15, -0.1) is 12.4 Å². The molecule has 228 valence electrons. The summed E-state index contributed by atoms with van der Waals surface area (Å²) in [5.74, 6) is -0.901. The molecule has 41 heavy (non-hydrogen) atoms. The van der Waals surface area contributed by atoms with E-state index in [0.29, 0.717) is 25.4 Å². The van der Waals surface area contributed by atoms with Crippen LogP contribution in [0.5, 0.6) is 5.75 Å². The van der Waals surface area contributed by atoms with Crippen LogP contribution in [0.15, 0.2) is 54.6 Å². The highest BCUT2D eigenvalue weighted by Crippen LogP contribution is 2.40. The molecule has 0 saturated carbocycles. The first kappa shape index (κ1) is 35.9. The van der Waals surface area contributed by atoms with Crippen molar-refractivity contribution >= 4 is 35.9 Å². The van der Waals surface area contributed by atoms with Crippen LogP contribution in [0.25, 0.3) is 0 Å². The zero-order valence-corrected chi connectivity index (χ0v) is 25.3. The van der Waals surface area contributed by atoms with E-state index in [1.165, 1.54) is 0 Å². The molecule has 1 aliphatic heterocycles. The van der Waals surface area contributed by atoms with E-state index in [1.54, 1.807) is 11.0 Å². The third-order valence-electron chi connectivity index (χ3n) is 7.99. The van der Waals surface area contributed by atoms with Gasteiger partial charge in [0.05, 0.1) is 0 Å².